The summed E-state index contributed by atoms with van der Waals surface area (Å²) >= 11 is 0. The van der Waals surface area contributed by atoms with Gasteiger partial charge in [-0.1, -0.05) is 82.1 Å². The fourth-order valence-corrected chi connectivity index (χ4v) is 10.6. The van der Waals surface area contributed by atoms with E-state index in [2.05, 4.69) is 171 Å². The first-order valence-electron chi connectivity index (χ1n) is 24.4. The molecule has 2 saturated carbocycles. The van der Waals surface area contributed by atoms with Crippen LogP contribution < -0.4 is 4.74 Å². The van der Waals surface area contributed by atoms with Gasteiger partial charge in [0.1, 0.15) is 0 Å². The quantitative estimate of drug-likeness (QED) is 0.141. The van der Waals surface area contributed by atoms with E-state index in [-0.39, 0.29) is 327 Å². The molecule has 0 saturated heterocycles. The van der Waals surface area contributed by atoms with Crippen molar-refractivity contribution in [2.45, 2.75) is 127 Å². The van der Waals surface area contributed by atoms with Crippen LogP contribution in [-0.2, 0) is 347 Å². The van der Waals surface area contributed by atoms with Gasteiger partial charge in [-0.3, -0.25) is 23.3 Å². The Hall–Kier alpha value is 5.70. The smallest absolute Gasteiger partial charge is 0.0874 e. The molecular formula is C63H68O2Y10-8. The molecule has 0 spiro atoms. The second kappa shape index (κ2) is 41.8. The first-order chi connectivity index (χ1) is 31.2. The van der Waals surface area contributed by atoms with Crippen LogP contribution >= 0.6 is 0 Å². The minimum atomic E-state index is 0. The summed E-state index contributed by atoms with van der Waals surface area (Å²) in [6, 6.07) is 45.1. The van der Waals surface area contributed by atoms with Crippen molar-refractivity contribution < 1.29 is 336 Å². The van der Waals surface area contributed by atoms with Crippen molar-refractivity contribution in [2.75, 3.05) is 0 Å². The Morgan fingerprint density at radius 2 is 0.787 bits per heavy atom. The number of benzene rings is 6. The zero-order valence-electron chi connectivity index (χ0n) is 46.5. The molecule has 0 bridgehead atoms. The van der Waals surface area contributed by atoms with Crippen LogP contribution in [0.1, 0.15) is 127 Å². The summed E-state index contributed by atoms with van der Waals surface area (Å²) in [5.74, 6) is 6.57. The summed E-state index contributed by atoms with van der Waals surface area (Å²) in [6.07, 6.45) is 16.2. The Bertz CT molecular complexity index is 2590. The fraction of sp³-hybridized carbons (Fsp3) is 0.397. The first kappa shape index (κ1) is 84.9. The molecule has 0 N–H and O–H groups in total. The molecule has 12 heteroatoms. The summed E-state index contributed by atoms with van der Waals surface area (Å²) < 4.78 is 11.4. The second-order valence-electron chi connectivity index (χ2n) is 20.3. The second-order valence-corrected chi connectivity index (χ2v) is 20.3. The van der Waals surface area contributed by atoms with Gasteiger partial charge in [0.2, 0.25) is 0 Å². The maximum Gasteiger partial charge on any atom is 0.0874 e. The molecule has 6 atom stereocenters. The van der Waals surface area contributed by atoms with Crippen molar-refractivity contribution in [3.8, 4) is 16.9 Å². The molecular weight excluding hydrogens is 1680 g/mol. The Labute approximate surface area is 706 Å². The van der Waals surface area contributed by atoms with Gasteiger partial charge in [0, 0.05) is 344 Å². The third kappa shape index (κ3) is 25.0. The molecule has 4 aliphatic carbocycles. The molecule has 6 aromatic carbocycles. The summed E-state index contributed by atoms with van der Waals surface area (Å²) in [6.45, 7) is 22.3. The van der Waals surface area contributed by atoms with Gasteiger partial charge in [0.05, 0.1) is 6.61 Å². The zero-order valence-corrected chi connectivity index (χ0v) is 74.9. The Kier molecular flexibility index (Phi) is 47.3. The van der Waals surface area contributed by atoms with Crippen LogP contribution in [0.2, 0.25) is 0 Å². The van der Waals surface area contributed by atoms with Gasteiger partial charge in [0.25, 0.3) is 0 Å². The van der Waals surface area contributed by atoms with E-state index in [4.69, 9.17) is 9.15 Å². The van der Waals surface area contributed by atoms with E-state index in [0.717, 1.165) is 84.7 Å². The summed E-state index contributed by atoms with van der Waals surface area (Å²) in [7, 11) is 0. The average Bonchev–Trinajstić information content (AvgIpc) is 3.95. The van der Waals surface area contributed by atoms with Crippen molar-refractivity contribution in [3.05, 3.63) is 183 Å². The van der Waals surface area contributed by atoms with Gasteiger partial charge in [-0.05, 0) is 49.4 Å². The monoisotopic (exact) mass is 1750 g/mol. The minimum Gasteiger partial charge on any atom is -0.517 e. The van der Waals surface area contributed by atoms with E-state index in [1.165, 1.54) is 90.3 Å². The van der Waals surface area contributed by atoms with Crippen LogP contribution in [-0.4, -0.2) is 0 Å². The molecule has 1 aromatic heterocycles. The van der Waals surface area contributed by atoms with Gasteiger partial charge >= 0.3 is 0 Å². The standard InChI is InChI=1S/C15H12O.C14H10O.C12H22.2C11H12.10Y/c1-10-3-5-13-12(7-10)9-16-15-8-11(2)4-6-14(13)15;1-9-3-5-11-12-6-4-10(2)8-14(12)15-13(11)7-9;1-9-3-5-12-8-10(2)4-6-11(12)7-9;2*1-8-3-4-10-6-9(2)7-11(10)5-8;;;;;;;;;;/h3-6H,9H2,1-2H3;3-6H,1-2H3;9-12H,3-8H2,1-2H3;2*3-4,7,9H,6H2,1-2H3;;;;;;;;;;/q2*-2;;2*-2;;;;;;;;;;. The average molecular weight is 1750 g/mol. The van der Waals surface area contributed by atoms with Crippen LogP contribution in [0.3, 0.4) is 0 Å². The van der Waals surface area contributed by atoms with E-state index in [1.807, 2.05) is 20.8 Å². The third-order valence-corrected chi connectivity index (χ3v) is 14.0. The van der Waals surface area contributed by atoms with Gasteiger partial charge in [-0.2, -0.15) is 82.4 Å². The van der Waals surface area contributed by atoms with Gasteiger partial charge < -0.3 is 9.15 Å². The minimum absolute atomic E-state index is 0. The van der Waals surface area contributed by atoms with Crippen LogP contribution in [0.4, 0.5) is 0 Å². The van der Waals surface area contributed by atoms with Crippen LogP contribution in [0.25, 0.3) is 33.1 Å². The summed E-state index contributed by atoms with van der Waals surface area (Å²) in [5.41, 5.74) is 17.7. The molecule has 5 aliphatic rings. The fourth-order valence-electron chi connectivity index (χ4n) is 10.6. The molecule has 1 aliphatic heterocycles. The summed E-state index contributed by atoms with van der Waals surface area (Å²) in [5, 5.41) is 2.23. The number of hydrogen-bond acceptors (Lipinski definition) is 2. The number of ether oxygens (including phenoxy) is 1. The van der Waals surface area contributed by atoms with Crippen molar-refractivity contribution in [3.63, 3.8) is 0 Å². The molecule has 12 rings (SSSR count). The Balaban J connectivity index is -0.000000842. The molecule has 7 aromatic rings. The van der Waals surface area contributed by atoms with Crippen molar-refractivity contribution in [1.29, 1.82) is 0 Å². The molecule has 2 nitrogen and oxygen atoms in total. The van der Waals surface area contributed by atoms with Crippen molar-refractivity contribution in [1.82, 2.24) is 0 Å². The van der Waals surface area contributed by atoms with E-state index in [1.54, 1.807) is 0 Å². The van der Waals surface area contributed by atoms with Crippen LogP contribution in [0.15, 0.2) is 77.2 Å². The SMILES string of the molecule is CC1CCC2CC(C)CCC2C1.Cc1[c-]c2c(cc1)-c1ccc(C)[c-]c1OC2.Cc1[c-]c2c(cc1)CC(C)[CH-]2.Cc1[c-]c2c(cc1)CC(C)[CH-]2.Cc1[c-]c2oc3[c-]c(C)ccc3c2cc1.[Y].[Y].[Y].[Y].[Y].[Y].[Y].[Y].[Y].[Y]. The predicted molar refractivity (Wildman–Crippen MR) is 270 cm³/mol. The number of fused-ring (bicyclic) bond motifs is 9. The zero-order chi connectivity index (χ0) is 45.8. The molecule has 0 amide bonds. The van der Waals surface area contributed by atoms with Crippen LogP contribution in [0.5, 0.6) is 5.75 Å². The van der Waals surface area contributed by atoms with Gasteiger partial charge in [-0.25, -0.2) is 59.4 Å². The maximum atomic E-state index is 5.70. The number of rotatable bonds is 0. The molecule has 2 fully saturated rings. The van der Waals surface area contributed by atoms with E-state index >= 15 is 0 Å². The van der Waals surface area contributed by atoms with E-state index in [9.17, 15) is 0 Å². The predicted octanol–water partition coefficient (Wildman–Crippen LogP) is 16.2. The van der Waals surface area contributed by atoms with E-state index in [0.29, 0.717) is 18.4 Å². The third-order valence-electron chi connectivity index (χ3n) is 14.0. The van der Waals surface area contributed by atoms with Crippen LogP contribution in [0, 0.1) is 126 Å². The van der Waals surface area contributed by atoms with E-state index < -0.39 is 0 Å². The number of aryl methyl sites for hydroxylation is 6. The first-order valence-corrected chi connectivity index (χ1v) is 24.4. The van der Waals surface area contributed by atoms with Crippen molar-refractivity contribution in [2.24, 2.45) is 35.5 Å². The normalized spacial score (nSPS) is 18.9. The molecule has 10 radical (unpaired) electrons. The Morgan fingerprint density at radius 3 is 1.24 bits per heavy atom. The molecule has 75 heavy (non-hydrogen) atoms. The Morgan fingerprint density at radius 1 is 0.413 bits per heavy atom. The maximum absolute atomic E-state index is 5.70. The topological polar surface area (TPSA) is 22.4 Å². The number of hydrogen-bond donors (Lipinski definition) is 0. The van der Waals surface area contributed by atoms with Crippen molar-refractivity contribution >= 4 is 21.9 Å². The molecule has 2 heterocycles. The molecule has 370 valence electrons. The van der Waals surface area contributed by atoms with Gasteiger partial charge in [-0.15, -0.1) is 64.8 Å². The number of furan rings is 1. The van der Waals surface area contributed by atoms with Gasteiger partial charge in [0.15, 0.2) is 0 Å². The molecule has 6 unspecified atom stereocenters. The summed E-state index contributed by atoms with van der Waals surface area (Å²) in [4.78, 5) is 0. The largest absolute Gasteiger partial charge is 0.517 e.